The van der Waals surface area contributed by atoms with Crippen LogP contribution in [0, 0.1) is 41.2 Å². The van der Waals surface area contributed by atoms with Gasteiger partial charge in [0.25, 0.3) is 0 Å². The number of nitrogens with one attached hydrogen (secondary N) is 1. The zero-order chi connectivity index (χ0) is 18.6. The summed E-state index contributed by atoms with van der Waals surface area (Å²) in [5.41, 5.74) is 6.46. The van der Waals surface area contributed by atoms with E-state index in [2.05, 4.69) is 10.3 Å². The van der Waals surface area contributed by atoms with Gasteiger partial charge in [-0.3, -0.25) is 4.79 Å². The van der Waals surface area contributed by atoms with E-state index in [0.717, 1.165) is 23.9 Å². The molecule has 3 N–H and O–H groups in total. The number of carbonyl (C=O) groups is 1. The number of halogens is 2. The maximum absolute atomic E-state index is 13.1. The molecule has 0 bridgehead atoms. The second kappa shape index (κ2) is 7.60. The van der Waals surface area contributed by atoms with Gasteiger partial charge < -0.3 is 11.1 Å². The normalized spacial score (nSPS) is 9.96. The van der Waals surface area contributed by atoms with E-state index in [-0.39, 0.29) is 33.4 Å². The Kier molecular flexibility index (Phi) is 5.52. The minimum atomic E-state index is -1.07. The van der Waals surface area contributed by atoms with Crippen LogP contribution in [0.1, 0.15) is 16.7 Å². The SMILES string of the molecule is Cc1c(C#N)c(N)nc(SCC(=O)Nc2ccc(F)c(F)c2)c1C#N. The number of thioether (sulfide) groups is 1. The molecule has 1 aromatic carbocycles. The van der Waals surface area contributed by atoms with Crippen molar-refractivity contribution < 1.29 is 13.6 Å². The Labute approximate surface area is 146 Å². The van der Waals surface area contributed by atoms with Crippen molar-refractivity contribution in [2.24, 2.45) is 0 Å². The van der Waals surface area contributed by atoms with Crippen molar-refractivity contribution in [2.45, 2.75) is 11.9 Å². The van der Waals surface area contributed by atoms with Crippen LogP contribution in [0.3, 0.4) is 0 Å². The van der Waals surface area contributed by atoms with Gasteiger partial charge in [0, 0.05) is 11.8 Å². The summed E-state index contributed by atoms with van der Waals surface area (Å²) in [7, 11) is 0. The molecule has 126 valence electrons. The zero-order valence-corrected chi connectivity index (χ0v) is 13.7. The number of rotatable bonds is 4. The monoisotopic (exact) mass is 359 g/mol. The number of nitrogens with zero attached hydrogens (tertiary/aromatic N) is 3. The van der Waals surface area contributed by atoms with Crippen LogP contribution in [0.5, 0.6) is 0 Å². The van der Waals surface area contributed by atoms with Gasteiger partial charge in [0.05, 0.1) is 16.9 Å². The number of nitrogen functional groups attached to an aromatic ring is 1. The summed E-state index contributed by atoms with van der Waals surface area (Å²) >= 11 is 0.951. The summed E-state index contributed by atoms with van der Waals surface area (Å²) in [5, 5.41) is 20.9. The summed E-state index contributed by atoms with van der Waals surface area (Å²) in [5.74, 6) is -2.75. The number of anilines is 2. The largest absolute Gasteiger partial charge is 0.383 e. The molecular formula is C16H11F2N5OS. The van der Waals surface area contributed by atoms with Crippen LogP contribution in [0.25, 0.3) is 0 Å². The lowest BCUT2D eigenvalue weighted by molar-refractivity contribution is -0.113. The lowest BCUT2D eigenvalue weighted by Crippen LogP contribution is -2.15. The van der Waals surface area contributed by atoms with Crippen LogP contribution in [-0.2, 0) is 4.79 Å². The number of benzene rings is 1. The first-order chi connectivity index (χ1) is 11.9. The summed E-state index contributed by atoms with van der Waals surface area (Å²) < 4.78 is 26.0. The van der Waals surface area contributed by atoms with Gasteiger partial charge in [0.2, 0.25) is 5.91 Å². The average molecular weight is 359 g/mol. The van der Waals surface area contributed by atoms with E-state index >= 15 is 0 Å². The summed E-state index contributed by atoms with van der Waals surface area (Å²) in [6.07, 6.45) is 0. The third-order valence-corrected chi connectivity index (χ3v) is 4.18. The highest BCUT2D eigenvalue weighted by Gasteiger charge is 2.17. The van der Waals surface area contributed by atoms with E-state index in [9.17, 15) is 18.8 Å². The topological polar surface area (TPSA) is 116 Å². The maximum atomic E-state index is 13.1. The van der Waals surface area contributed by atoms with Crippen LogP contribution in [0.15, 0.2) is 23.2 Å². The first-order valence-electron chi connectivity index (χ1n) is 6.85. The Hall–Kier alpha value is -3.17. The fraction of sp³-hybridized carbons (Fsp3) is 0.125. The van der Waals surface area contributed by atoms with E-state index in [1.807, 2.05) is 12.1 Å². The summed E-state index contributed by atoms with van der Waals surface area (Å²) in [4.78, 5) is 15.9. The lowest BCUT2D eigenvalue weighted by atomic mass is 10.1. The number of nitrogens with two attached hydrogens (primary N) is 1. The number of pyridine rings is 1. The molecule has 0 unspecified atom stereocenters. The minimum Gasteiger partial charge on any atom is -0.383 e. The van der Waals surface area contributed by atoms with Gasteiger partial charge >= 0.3 is 0 Å². The highest BCUT2D eigenvalue weighted by Crippen LogP contribution is 2.27. The maximum Gasteiger partial charge on any atom is 0.234 e. The molecule has 1 heterocycles. The molecule has 1 amide bonds. The van der Waals surface area contributed by atoms with Gasteiger partial charge in [-0.15, -0.1) is 0 Å². The first-order valence-corrected chi connectivity index (χ1v) is 7.84. The molecule has 0 saturated heterocycles. The predicted octanol–water partition coefficient (Wildman–Crippen LogP) is 2.72. The lowest BCUT2D eigenvalue weighted by Gasteiger charge is -2.09. The Morgan fingerprint density at radius 3 is 2.56 bits per heavy atom. The Balaban J connectivity index is 2.13. The molecule has 6 nitrogen and oxygen atoms in total. The van der Waals surface area contributed by atoms with E-state index < -0.39 is 17.5 Å². The molecule has 0 aliphatic heterocycles. The van der Waals surface area contributed by atoms with E-state index in [1.54, 1.807) is 6.92 Å². The van der Waals surface area contributed by atoms with Crippen molar-refractivity contribution in [1.82, 2.24) is 4.98 Å². The fourth-order valence-corrected chi connectivity index (χ4v) is 2.83. The first kappa shape index (κ1) is 18.2. The van der Waals surface area contributed by atoms with Gasteiger partial charge in [0.1, 0.15) is 23.0 Å². The Bertz CT molecular complexity index is 934. The number of hydrogen-bond donors (Lipinski definition) is 2. The molecular weight excluding hydrogens is 348 g/mol. The van der Waals surface area contributed by atoms with Gasteiger partial charge in [-0.2, -0.15) is 10.5 Å². The Morgan fingerprint density at radius 2 is 1.96 bits per heavy atom. The predicted molar refractivity (Wildman–Crippen MR) is 88.5 cm³/mol. The molecule has 0 saturated carbocycles. The molecule has 0 aliphatic carbocycles. The van der Waals surface area contributed by atoms with Gasteiger partial charge in [0.15, 0.2) is 11.6 Å². The van der Waals surface area contributed by atoms with Crippen molar-refractivity contribution in [2.75, 3.05) is 16.8 Å². The third kappa shape index (κ3) is 4.03. The number of nitriles is 2. The number of aromatic nitrogens is 1. The molecule has 0 spiro atoms. The minimum absolute atomic E-state index is 0.0255. The van der Waals surface area contributed by atoms with Crippen LogP contribution in [0.4, 0.5) is 20.3 Å². The van der Waals surface area contributed by atoms with Crippen LogP contribution in [0.2, 0.25) is 0 Å². The van der Waals surface area contributed by atoms with Crippen LogP contribution >= 0.6 is 11.8 Å². The molecule has 9 heteroatoms. The molecule has 1 aromatic heterocycles. The fourth-order valence-electron chi connectivity index (χ4n) is 1.98. The molecule has 0 radical (unpaired) electrons. The van der Waals surface area contributed by atoms with Crippen molar-refractivity contribution in [3.63, 3.8) is 0 Å². The van der Waals surface area contributed by atoms with E-state index in [4.69, 9.17) is 11.0 Å². The van der Waals surface area contributed by atoms with Crippen LogP contribution in [-0.4, -0.2) is 16.6 Å². The zero-order valence-electron chi connectivity index (χ0n) is 12.9. The van der Waals surface area contributed by atoms with Crippen molar-refractivity contribution in [1.29, 1.82) is 10.5 Å². The van der Waals surface area contributed by atoms with Gasteiger partial charge in [-0.05, 0) is 24.6 Å². The van der Waals surface area contributed by atoms with Crippen molar-refractivity contribution >= 4 is 29.2 Å². The number of hydrogen-bond acceptors (Lipinski definition) is 6. The second-order valence-corrected chi connectivity index (χ2v) is 5.83. The smallest absolute Gasteiger partial charge is 0.234 e. The molecule has 2 rings (SSSR count). The quantitative estimate of drug-likeness (QED) is 0.811. The van der Waals surface area contributed by atoms with E-state index in [0.29, 0.717) is 5.56 Å². The second-order valence-electron chi connectivity index (χ2n) is 4.87. The van der Waals surface area contributed by atoms with Crippen molar-refractivity contribution in [3.05, 3.63) is 46.5 Å². The van der Waals surface area contributed by atoms with E-state index in [1.165, 1.54) is 6.07 Å². The van der Waals surface area contributed by atoms with Crippen molar-refractivity contribution in [3.8, 4) is 12.1 Å². The molecule has 0 atom stereocenters. The molecule has 2 aromatic rings. The highest BCUT2D eigenvalue weighted by molar-refractivity contribution is 8.00. The number of amides is 1. The summed E-state index contributed by atoms with van der Waals surface area (Å²) in [6, 6.07) is 6.81. The van der Waals surface area contributed by atoms with Crippen LogP contribution < -0.4 is 11.1 Å². The average Bonchev–Trinajstić information content (AvgIpc) is 2.56. The highest BCUT2D eigenvalue weighted by atomic mass is 32.2. The molecule has 0 aliphatic rings. The van der Waals surface area contributed by atoms with Gasteiger partial charge in [-0.25, -0.2) is 13.8 Å². The molecule has 25 heavy (non-hydrogen) atoms. The third-order valence-electron chi connectivity index (χ3n) is 3.21. The summed E-state index contributed by atoms with van der Waals surface area (Å²) in [6.45, 7) is 1.57. The molecule has 0 fully saturated rings. The Morgan fingerprint density at radius 1 is 1.28 bits per heavy atom. The van der Waals surface area contributed by atoms with Gasteiger partial charge in [-0.1, -0.05) is 11.8 Å². The number of carbonyl (C=O) groups excluding carboxylic acids is 1. The standard InChI is InChI=1S/C16H11F2N5OS/c1-8-10(5-19)15(21)23-16(11(8)6-20)25-7-14(24)22-9-2-3-12(17)13(18)4-9/h2-4H,7H2,1H3,(H2,21,23)(H,22,24).